The van der Waals surface area contributed by atoms with Gasteiger partial charge >= 0.3 is 0 Å². The van der Waals surface area contributed by atoms with E-state index in [1.54, 1.807) is 29.8 Å². The van der Waals surface area contributed by atoms with Gasteiger partial charge in [-0.3, -0.25) is 0 Å². The van der Waals surface area contributed by atoms with Crippen molar-refractivity contribution < 1.29 is 4.74 Å². The zero-order chi connectivity index (χ0) is 20.9. The van der Waals surface area contributed by atoms with E-state index in [-0.39, 0.29) is 0 Å². The lowest BCUT2D eigenvalue weighted by Gasteiger charge is -2.22. The van der Waals surface area contributed by atoms with Gasteiger partial charge in [-0.25, -0.2) is 9.97 Å². The van der Waals surface area contributed by atoms with Crippen molar-refractivity contribution >= 4 is 64.6 Å². The number of aromatic nitrogens is 2. The molecule has 0 spiro atoms. The van der Waals surface area contributed by atoms with Gasteiger partial charge in [-0.05, 0) is 43.3 Å². The van der Waals surface area contributed by atoms with Gasteiger partial charge < -0.3 is 15.0 Å². The Bertz CT molecular complexity index is 1380. The van der Waals surface area contributed by atoms with Crippen LogP contribution < -0.4 is 10.1 Å². The third kappa shape index (κ3) is 3.30. The van der Waals surface area contributed by atoms with E-state index in [1.165, 1.54) is 20.7 Å². The molecule has 1 aliphatic heterocycles. The number of thiazole rings is 2. The summed E-state index contributed by atoms with van der Waals surface area (Å²) < 4.78 is 7.84. The van der Waals surface area contributed by atoms with Crippen LogP contribution in [0.25, 0.3) is 31.0 Å². The van der Waals surface area contributed by atoms with Crippen LogP contribution in [0.3, 0.4) is 0 Å². The maximum atomic E-state index is 5.50. The second kappa shape index (κ2) is 7.56. The minimum absolute atomic E-state index is 0.806. The SMILES string of the molecule is COc1cccc2sc(Nc3sc4c(c3-c3nc5ccccc5s3)CCN(C)C4)nc12. The molecule has 0 bridgehead atoms. The van der Waals surface area contributed by atoms with Crippen molar-refractivity contribution in [3.05, 3.63) is 52.9 Å². The summed E-state index contributed by atoms with van der Waals surface area (Å²) in [7, 11) is 3.88. The highest BCUT2D eigenvalue weighted by Crippen LogP contribution is 2.47. The Morgan fingerprint density at radius 3 is 2.74 bits per heavy atom. The number of anilines is 2. The molecule has 31 heavy (non-hydrogen) atoms. The molecule has 4 heterocycles. The topological polar surface area (TPSA) is 50.3 Å². The second-order valence-corrected chi connectivity index (χ2v) is 10.8. The van der Waals surface area contributed by atoms with Gasteiger partial charge in [-0.15, -0.1) is 22.7 Å². The molecule has 0 amide bonds. The fourth-order valence-corrected chi connectivity index (χ4v) is 7.45. The number of benzene rings is 2. The average Bonchev–Trinajstić information content (AvgIpc) is 3.46. The first-order valence-electron chi connectivity index (χ1n) is 10.1. The molecule has 1 N–H and O–H groups in total. The maximum absolute atomic E-state index is 5.50. The summed E-state index contributed by atoms with van der Waals surface area (Å²) in [6.45, 7) is 2.05. The normalized spacial score (nSPS) is 14.3. The number of hydrogen-bond acceptors (Lipinski definition) is 8. The molecule has 6 rings (SSSR count). The Labute approximate surface area is 192 Å². The number of thiophene rings is 1. The lowest BCUT2D eigenvalue weighted by molar-refractivity contribution is 0.317. The summed E-state index contributed by atoms with van der Waals surface area (Å²) in [6, 6.07) is 14.4. The standard InChI is InChI=1S/C23H20N4OS3/c1-27-11-10-13-18(12-27)30-22(19(13)21-24-14-6-3-4-8-16(14)29-21)26-23-25-20-15(28-2)7-5-9-17(20)31-23/h3-9H,10-12H2,1-2H3,(H,25,26). The van der Waals surface area contributed by atoms with Gasteiger partial charge in [0.1, 0.15) is 21.3 Å². The van der Waals surface area contributed by atoms with E-state index in [4.69, 9.17) is 14.7 Å². The van der Waals surface area contributed by atoms with Crippen LogP contribution in [0.4, 0.5) is 10.1 Å². The van der Waals surface area contributed by atoms with Crippen LogP contribution in [0.5, 0.6) is 5.75 Å². The molecule has 0 saturated carbocycles. The molecule has 1 aliphatic rings. The smallest absolute Gasteiger partial charge is 0.189 e. The van der Waals surface area contributed by atoms with Crippen LogP contribution >= 0.6 is 34.0 Å². The first-order valence-corrected chi connectivity index (χ1v) is 12.5. The van der Waals surface area contributed by atoms with Crippen LogP contribution in [0.1, 0.15) is 10.4 Å². The summed E-state index contributed by atoms with van der Waals surface area (Å²) in [5.41, 5.74) is 4.65. The Morgan fingerprint density at radius 2 is 1.87 bits per heavy atom. The lowest BCUT2D eigenvalue weighted by atomic mass is 10.0. The molecule has 0 aliphatic carbocycles. The Kier molecular flexibility index (Phi) is 4.68. The summed E-state index contributed by atoms with van der Waals surface area (Å²) in [6.07, 6.45) is 1.04. The molecule has 8 heteroatoms. The zero-order valence-corrected chi connectivity index (χ0v) is 19.6. The van der Waals surface area contributed by atoms with E-state index < -0.39 is 0 Å². The van der Waals surface area contributed by atoms with E-state index in [1.807, 2.05) is 23.5 Å². The highest BCUT2D eigenvalue weighted by atomic mass is 32.1. The minimum atomic E-state index is 0.806. The predicted octanol–water partition coefficient (Wildman–Crippen LogP) is 6.37. The summed E-state index contributed by atoms with van der Waals surface area (Å²) >= 11 is 5.26. The molecule has 156 valence electrons. The summed E-state index contributed by atoms with van der Waals surface area (Å²) in [5, 5.41) is 6.75. The number of rotatable bonds is 4. The maximum Gasteiger partial charge on any atom is 0.189 e. The van der Waals surface area contributed by atoms with Crippen LogP contribution in [-0.2, 0) is 13.0 Å². The van der Waals surface area contributed by atoms with Crippen LogP contribution in [0.2, 0.25) is 0 Å². The fraction of sp³-hybridized carbons (Fsp3) is 0.217. The Balaban J connectivity index is 1.48. The van der Waals surface area contributed by atoms with Gasteiger partial charge in [-0.2, -0.15) is 0 Å². The van der Waals surface area contributed by atoms with Crippen molar-refractivity contribution in [3.63, 3.8) is 0 Å². The first-order chi connectivity index (χ1) is 15.2. The number of para-hydroxylation sites is 2. The molecule has 0 atom stereocenters. The Hall–Kier alpha value is -2.52. The number of fused-ring (bicyclic) bond motifs is 3. The largest absolute Gasteiger partial charge is 0.494 e. The number of nitrogens with zero attached hydrogens (tertiary/aromatic N) is 3. The van der Waals surface area contributed by atoms with E-state index in [0.717, 1.165) is 56.1 Å². The minimum Gasteiger partial charge on any atom is -0.494 e. The number of likely N-dealkylation sites (N-methyl/N-ethyl adjacent to an activating group) is 1. The van der Waals surface area contributed by atoms with Gasteiger partial charge in [0.2, 0.25) is 0 Å². The van der Waals surface area contributed by atoms with Crippen molar-refractivity contribution in [2.45, 2.75) is 13.0 Å². The monoisotopic (exact) mass is 464 g/mol. The van der Waals surface area contributed by atoms with Gasteiger partial charge in [-0.1, -0.05) is 29.5 Å². The van der Waals surface area contributed by atoms with Gasteiger partial charge in [0, 0.05) is 23.5 Å². The van der Waals surface area contributed by atoms with E-state index in [0.29, 0.717) is 0 Å². The molecule has 0 fully saturated rings. The highest BCUT2D eigenvalue weighted by molar-refractivity contribution is 7.24. The molecule has 5 nitrogen and oxygen atoms in total. The molecule has 5 aromatic rings. The molecule has 0 saturated heterocycles. The molecule has 3 aromatic heterocycles. The van der Waals surface area contributed by atoms with Crippen molar-refractivity contribution in [1.29, 1.82) is 0 Å². The van der Waals surface area contributed by atoms with Crippen molar-refractivity contribution in [2.24, 2.45) is 0 Å². The predicted molar refractivity (Wildman–Crippen MR) is 132 cm³/mol. The first kappa shape index (κ1) is 19.2. The molecular formula is C23H20N4OS3. The number of nitrogens with one attached hydrogen (secondary N) is 1. The van der Waals surface area contributed by atoms with E-state index in [9.17, 15) is 0 Å². The van der Waals surface area contributed by atoms with Crippen LogP contribution in [-0.4, -0.2) is 35.6 Å². The zero-order valence-electron chi connectivity index (χ0n) is 17.1. The highest BCUT2D eigenvalue weighted by Gasteiger charge is 2.26. The molecule has 2 aromatic carbocycles. The van der Waals surface area contributed by atoms with Crippen molar-refractivity contribution in [1.82, 2.24) is 14.9 Å². The number of ether oxygens (including phenoxy) is 1. The van der Waals surface area contributed by atoms with Crippen molar-refractivity contribution in [3.8, 4) is 16.3 Å². The molecule has 0 unspecified atom stereocenters. The summed E-state index contributed by atoms with van der Waals surface area (Å²) in [5.74, 6) is 0.806. The fourth-order valence-electron chi connectivity index (χ4n) is 4.06. The third-order valence-corrected chi connectivity index (χ3v) is 8.70. The van der Waals surface area contributed by atoms with Crippen LogP contribution in [0, 0.1) is 0 Å². The van der Waals surface area contributed by atoms with E-state index >= 15 is 0 Å². The number of hydrogen-bond donors (Lipinski definition) is 1. The van der Waals surface area contributed by atoms with E-state index in [2.05, 4.69) is 47.6 Å². The van der Waals surface area contributed by atoms with Gasteiger partial charge in [0.05, 0.1) is 22.0 Å². The van der Waals surface area contributed by atoms with Gasteiger partial charge in [0.25, 0.3) is 0 Å². The second-order valence-electron chi connectivity index (χ2n) is 7.63. The lowest BCUT2D eigenvalue weighted by Crippen LogP contribution is -2.25. The van der Waals surface area contributed by atoms with Crippen LogP contribution in [0.15, 0.2) is 42.5 Å². The molecular weight excluding hydrogens is 444 g/mol. The van der Waals surface area contributed by atoms with Gasteiger partial charge in [0.15, 0.2) is 5.13 Å². The average molecular weight is 465 g/mol. The van der Waals surface area contributed by atoms with Crippen molar-refractivity contribution in [2.75, 3.05) is 26.0 Å². The third-order valence-electron chi connectivity index (χ3n) is 5.58. The quantitative estimate of drug-likeness (QED) is 0.335. The molecule has 0 radical (unpaired) electrons. The number of methoxy groups -OCH3 is 1. The Morgan fingerprint density at radius 1 is 1.00 bits per heavy atom. The summed E-state index contributed by atoms with van der Waals surface area (Å²) in [4.78, 5) is 13.6.